The molecule has 0 bridgehead atoms. The van der Waals surface area contributed by atoms with Gasteiger partial charge in [0.1, 0.15) is 0 Å². The molecule has 0 aliphatic carbocycles. The van der Waals surface area contributed by atoms with Crippen molar-refractivity contribution in [3.8, 4) is 11.5 Å². The Labute approximate surface area is 153 Å². The Morgan fingerprint density at radius 1 is 1.23 bits per heavy atom. The lowest BCUT2D eigenvalue weighted by Crippen LogP contribution is -2.33. The fraction of sp³-hybridized carbons (Fsp3) is 0.579. The van der Waals surface area contributed by atoms with E-state index in [1.807, 2.05) is 19.1 Å². The van der Waals surface area contributed by atoms with Gasteiger partial charge in [0.15, 0.2) is 17.3 Å². The van der Waals surface area contributed by atoms with E-state index < -0.39 is 0 Å². The van der Waals surface area contributed by atoms with Gasteiger partial charge in [0.25, 0.3) is 0 Å². The van der Waals surface area contributed by atoms with Crippen molar-refractivity contribution in [2.24, 2.45) is 0 Å². The quantitative estimate of drug-likeness (QED) is 0.814. The first kappa shape index (κ1) is 17.3. The van der Waals surface area contributed by atoms with Gasteiger partial charge in [-0.2, -0.15) is 4.98 Å². The van der Waals surface area contributed by atoms with E-state index >= 15 is 0 Å². The third-order valence-electron chi connectivity index (χ3n) is 5.25. The van der Waals surface area contributed by atoms with Crippen LogP contribution in [0.2, 0.25) is 0 Å². The van der Waals surface area contributed by atoms with E-state index in [0.717, 1.165) is 49.9 Å². The number of fused-ring (bicyclic) bond motifs is 1. The summed E-state index contributed by atoms with van der Waals surface area (Å²) >= 11 is 0. The summed E-state index contributed by atoms with van der Waals surface area (Å²) in [5.41, 5.74) is 1.22. The molecule has 0 N–H and O–H groups in total. The summed E-state index contributed by atoms with van der Waals surface area (Å²) in [7, 11) is 2.15. The third-order valence-corrected chi connectivity index (χ3v) is 5.25. The van der Waals surface area contributed by atoms with E-state index in [1.54, 1.807) is 0 Å². The van der Waals surface area contributed by atoms with E-state index in [1.165, 1.54) is 18.4 Å². The molecule has 0 saturated carbocycles. The molecule has 0 spiro atoms. The first-order chi connectivity index (χ1) is 12.7. The SMILES string of the molecule is Cc1nc(CN(C)[C@@H]2CCCN(Cc3cccc4c3OCO4)CC2)no1. The van der Waals surface area contributed by atoms with Crippen LogP contribution < -0.4 is 9.47 Å². The lowest BCUT2D eigenvalue weighted by atomic mass is 10.1. The van der Waals surface area contributed by atoms with Gasteiger partial charge >= 0.3 is 0 Å². The number of para-hydroxylation sites is 1. The lowest BCUT2D eigenvalue weighted by Gasteiger charge is -2.26. The predicted octanol–water partition coefficient (Wildman–Crippen LogP) is 2.59. The summed E-state index contributed by atoms with van der Waals surface area (Å²) in [5.74, 6) is 3.17. The van der Waals surface area contributed by atoms with Gasteiger partial charge in [-0.25, -0.2) is 0 Å². The van der Waals surface area contributed by atoms with Crippen molar-refractivity contribution in [1.82, 2.24) is 19.9 Å². The van der Waals surface area contributed by atoms with Gasteiger partial charge in [-0.15, -0.1) is 0 Å². The zero-order valence-corrected chi connectivity index (χ0v) is 15.5. The average Bonchev–Trinajstić information content (AvgIpc) is 3.20. The fourth-order valence-electron chi connectivity index (χ4n) is 3.85. The Morgan fingerprint density at radius 2 is 2.15 bits per heavy atom. The van der Waals surface area contributed by atoms with Crippen molar-refractivity contribution < 1.29 is 14.0 Å². The van der Waals surface area contributed by atoms with E-state index in [9.17, 15) is 0 Å². The third kappa shape index (κ3) is 3.83. The predicted molar refractivity (Wildman–Crippen MR) is 96.0 cm³/mol. The number of hydrogen-bond acceptors (Lipinski definition) is 7. The van der Waals surface area contributed by atoms with Crippen LogP contribution in [-0.2, 0) is 13.1 Å². The molecule has 2 aromatic rings. The monoisotopic (exact) mass is 358 g/mol. The highest BCUT2D eigenvalue weighted by atomic mass is 16.7. The number of benzene rings is 1. The van der Waals surface area contributed by atoms with Gasteiger partial charge in [0, 0.05) is 25.1 Å². The Morgan fingerprint density at radius 3 is 3.00 bits per heavy atom. The van der Waals surface area contributed by atoms with E-state index in [2.05, 4.69) is 33.1 Å². The normalized spacial score (nSPS) is 20.5. The van der Waals surface area contributed by atoms with Crippen LogP contribution in [0.25, 0.3) is 0 Å². The van der Waals surface area contributed by atoms with Crippen molar-refractivity contribution in [3.63, 3.8) is 0 Å². The molecule has 4 rings (SSSR count). The maximum atomic E-state index is 5.65. The van der Waals surface area contributed by atoms with Crippen molar-refractivity contribution in [3.05, 3.63) is 35.5 Å². The van der Waals surface area contributed by atoms with Crippen molar-refractivity contribution in [2.75, 3.05) is 26.9 Å². The molecule has 1 fully saturated rings. The Bertz CT molecular complexity index is 748. The standard InChI is InChI=1S/C19H26N4O3/c1-14-20-18(21-26-14)12-22(2)16-6-4-9-23(10-8-16)11-15-5-3-7-17-19(15)25-13-24-17/h3,5,7,16H,4,6,8-13H2,1-2H3/t16-/m1/s1. The van der Waals surface area contributed by atoms with Crippen LogP contribution in [0.15, 0.2) is 22.7 Å². The fourth-order valence-corrected chi connectivity index (χ4v) is 3.85. The summed E-state index contributed by atoms with van der Waals surface area (Å²) in [5, 5.41) is 4.01. The Kier molecular flexibility index (Phi) is 5.08. The van der Waals surface area contributed by atoms with Crippen molar-refractivity contribution >= 4 is 0 Å². The number of nitrogens with zero attached hydrogens (tertiary/aromatic N) is 4. The minimum atomic E-state index is 0.328. The minimum absolute atomic E-state index is 0.328. The molecule has 2 aliphatic heterocycles. The topological polar surface area (TPSA) is 63.9 Å². The molecule has 3 heterocycles. The highest BCUT2D eigenvalue weighted by Gasteiger charge is 2.24. The number of hydrogen-bond donors (Lipinski definition) is 0. The Balaban J connectivity index is 1.34. The van der Waals surface area contributed by atoms with E-state index in [4.69, 9.17) is 14.0 Å². The molecule has 7 nitrogen and oxygen atoms in total. The number of aromatic nitrogens is 2. The molecular weight excluding hydrogens is 332 g/mol. The maximum Gasteiger partial charge on any atom is 0.231 e. The van der Waals surface area contributed by atoms with Crippen LogP contribution in [-0.4, -0.2) is 52.9 Å². The number of rotatable bonds is 5. The second-order valence-corrected chi connectivity index (χ2v) is 7.16. The highest BCUT2D eigenvalue weighted by Crippen LogP contribution is 2.36. The van der Waals surface area contributed by atoms with Crippen LogP contribution in [0, 0.1) is 6.92 Å². The second-order valence-electron chi connectivity index (χ2n) is 7.16. The van der Waals surface area contributed by atoms with Crippen LogP contribution in [0.4, 0.5) is 0 Å². The minimum Gasteiger partial charge on any atom is -0.454 e. The highest BCUT2D eigenvalue weighted by molar-refractivity contribution is 5.48. The lowest BCUT2D eigenvalue weighted by molar-refractivity contribution is 0.171. The van der Waals surface area contributed by atoms with Crippen LogP contribution in [0.5, 0.6) is 11.5 Å². The maximum absolute atomic E-state index is 5.65. The molecule has 2 aliphatic rings. The molecule has 7 heteroatoms. The zero-order valence-electron chi connectivity index (χ0n) is 15.5. The zero-order chi connectivity index (χ0) is 17.9. The van der Waals surface area contributed by atoms with Gasteiger partial charge in [0.2, 0.25) is 12.7 Å². The average molecular weight is 358 g/mol. The molecule has 1 atom stereocenters. The van der Waals surface area contributed by atoms with Crippen LogP contribution in [0.3, 0.4) is 0 Å². The molecule has 0 unspecified atom stereocenters. The molecule has 26 heavy (non-hydrogen) atoms. The molecule has 0 amide bonds. The van der Waals surface area contributed by atoms with Crippen molar-refractivity contribution in [1.29, 1.82) is 0 Å². The molecular formula is C19H26N4O3. The van der Waals surface area contributed by atoms with Crippen LogP contribution in [0.1, 0.15) is 36.5 Å². The van der Waals surface area contributed by atoms with E-state index in [-0.39, 0.29) is 0 Å². The first-order valence-corrected chi connectivity index (χ1v) is 9.28. The first-order valence-electron chi connectivity index (χ1n) is 9.28. The second kappa shape index (κ2) is 7.63. The summed E-state index contributed by atoms with van der Waals surface area (Å²) < 4.78 is 16.2. The van der Waals surface area contributed by atoms with E-state index in [0.29, 0.717) is 18.7 Å². The number of likely N-dealkylation sites (tertiary alicyclic amines) is 1. The van der Waals surface area contributed by atoms with Gasteiger partial charge in [-0.1, -0.05) is 17.3 Å². The summed E-state index contributed by atoms with van der Waals surface area (Å²) in [6.45, 7) is 5.98. The van der Waals surface area contributed by atoms with Gasteiger partial charge in [-0.3, -0.25) is 9.80 Å². The largest absolute Gasteiger partial charge is 0.454 e. The smallest absolute Gasteiger partial charge is 0.231 e. The number of aryl methyl sites for hydroxylation is 1. The Hall–Kier alpha value is -2.12. The summed E-state index contributed by atoms with van der Waals surface area (Å²) in [4.78, 5) is 9.19. The van der Waals surface area contributed by atoms with Gasteiger partial charge in [0.05, 0.1) is 6.54 Å². The summed E-state index contributed by atoms with van der Waals surface area (Å²) in [6.07, 6.45) is 3.52. The van der Waals surface area contributed by atoms with Crippen molar-refractivity contribution in [2.45, 2.75) is 45.3 Å². The molecule has 1 saturated heterocycles. The molecule has 1 aromatic heterocycles. The van der Waals surface area contributed by atoms with Gasteiger partial charge in [-0.05, 0) is 45.5 Å². The summed E-state index contributed by atoms with van der Waals surface area (Å²) in [6, 6.07) is 6.70. The van der Waals surface area contributed by atoms with Gasteiger partial charge < -0.3 is 14.0 Å². The molecule has 0 radical (unpaired) electrons. The van der Waals surface area contributed by atoms with Crippen LogP contribution >= 0.6 is 0 Å². The molecule has 140 valence electrons. The molecule has 1 aromatic carbocycles. The number of ether oxygens (including phenoxy) is 2.